The molecule has 1 fully saturated rings. The first-order valence-corrected chi connectivity index (χ1v) is 11.1. The number of rotatable bonds is 9. The first-order chi connectivity index (χ1) is 14.4. The zero-order valence-electron chi connectivity index (χ0n) is 19.6. The van der Waals surface area contributed by atoms with Crippen LogP contribution >= 0.6 is 24.0 Å². The highest BCUT2D eigenvalue weighted by Gasteiger charge is 2.23. The summed E-state index contributed by atoms with van der Waals surface area (Å²) in [5.41, 5.74) is 1.73. The minimum atomic E-state index is -0.0287. The SMILES string of the molecule is CCC(C)NC(=O)c1cccc(CNC(=NC)NCC(C(C)C)N2CCOCC2)c1.I. The Bertz CT molecular complexity index is 692. The summed E-state index contributed by atoms with van der Waals surface area (Å²) in [6.07, 6.45) is 0.913. The fourth-order valence-corrected chi connectivity index (χ4v) is 3.53. The monoisotopic (exact) mass is 545 g/mol. The van der Waals surface area contributed by atoms with Gasteiger partial charge in [-0.05, 0) is 37.0 Å². The molecule has 0 saturated carbocycles. The Kier molecular flexibility index (Phi) is 13.0. The summed E-state index contributed by atoms with van der Waals surface area (Å²) in [5, 5.41) is 9.85. The predicted octanol–water partition coefficient (Wildman–Crippen LogP) is 2.85. The third-order valence-corrected chi connectivity index (χ3v) is 5.63. The van der Waals surface area contributed by atoms with Crippen LogP contribution in [0.1, 0.15) is 50.0 Å². The van der Waals surface area contributed by atoms with E-state index < -0.39 is 0 Å². The molecule has 2 rings (SSSR count). The number of nitrogens with zero attached hydrogens (tertiary/aromatic N) is 2. The highest BCUT2D eigenvalue weighted by Crippen LogP contribution is 2.12. The van der Waals surface area contributed by atoms with Gasteiger partial charge in [-0.1, -0.05) is 32.9 Å². The van der Waals surface area contributed by atoms with E-state index >= 15 is 0 Å². The molecule has 1 saturated heterocycles. The Hall–Kier alpha value is -1.39. The normalized spacial score (nSPS) is 16.9. The first kappa shape index (κ1) is 27.6. The molecule has 0 aliphatic carbocycles. The van der Waals surface area contributed by atoms with Crippen LogP contribution in [0.3, 0.4) is 0 Å². The molecule has 3 N–H and O–H groups in total. The van der Waals surface area contributed by atoms with E-state index in [0.29, 0.717) is 24.1 Å². The molecule has 2 atom stereocenters. The van der Waals surface area contributed by atoms with Crippen LogP contribution in [0.15, 0.2) is 29.3 Å². The van der Waals surface area contributed by atoms with Gasteiger partial charge >= 0.3 is 0 Å². The van der Waals surface area contributed by atoms with Gasteiger partial charge < -0.3 is 20.7 Å². The van der Waals surface area contributed by atoms with E-state index in [1.807, 2.05) is 31.2 Å². The summed E-state index contributed by atoms with van der Waals surface area (Å²) < 4.78 is 5.49. The summed E-state index contributed by atoms with van der Waals surface area (Å²) in [6.45, 7) is 13.6. The van der Waals surface area contributed by atoms with Crippen molar-refractivity contribution in [2.24, 2.45) is 10.9 Å². The van der Waals surface area contributed by atoms with Gasteiger partial charge in [0.2, 0.25) is 0 Å². The van der Waals surface area contributed by atoms with Crippen LogP contribution in [0.25, 0.3) is 0 Å². The summed E-state index contributed by atoms with van der Waals surface area (Å²) in [7, 11) is 1.78. The average Bonchev–Trinajstić information content (AvgIpc) is 2.76. The van der Waals surface area contributed by atoms with Crippen LogP contribution < -0.4 is 16.0 Å². The smallest absolute Gasteiger partial charge is 0.251 e. The maximum atomic E-state index is 12.4. The number of halogens is 1. The Morgan fingerprint density at radius 2 is 1.90 bits per heavy atom. The zero-order chi connectivity index (χ0) is 21.9. The lowest BCUT2D eigenvalue weighted by Crippen LogP contribution is -2.52. The molecule has 1 aliphatic heterocycles. The average molecular weight is 546 g/mol. The molecule has 2 unspecified atom stereocenters. The number of guanidine groups is 1. The second kappa shape index (κ2) is 14.6. The maximum Gasteiger partial charge on any atom is 0.251 e. The Morgan fingerprint density at radius 3 is 2.52 bits per heavy atom. The molecule has 0 spiro atoms. The summed E-state index contributed by atoms with van der Waals surface area (Å²) in [5.74, 6) is 1.27. The van der Waals surface area contributed by atoms with E-state index in [1.165, 1.54) is 0 Å². The number of amides is 1. The molecular weight excluding hydrogens is 505 g/mol. The zero-order valence-corrected chi connectivity index (χ0v) is 21.9. The number of hydrogen-bond acceptors (Lipinski definition) is 4. The number of morpholine rings is 1. The highest BCUT2D eigenvalue weighted by molar-refractivity contribution is 14.0. The predicted molar refractivity (Wildman–Crippen MR) is 138 cm³/mol. The van der Waals surface area contributed by atoms with E-state index in [0.717, 1.165) is 50.8 Å². The number of aliphatic imine (C=N–C) groups is 1. The fraction of sp³-hybridized carbons (Fsp3) is 0.652. The summed E-state index contributed by atoms with van der Waals surface area (Å²) in [4.78, 5) is 19.2. The molecule has 7 nitrogen and oxygen atoms in total. The number of nitrogens with one attached hydrogen (secondary N) is 3. The van der Waals surface area contributed by atoms with Crippen molar-refractivity contribution in [3.63, 3.8) is 0 Å². The minimum absolute atomic E-state index is 0. The fourth-order valence-electron chi connectivity index (χ4n) is 3.53. The van der Waals surface area contributed by atoms with E-state index in [2.05, 4.69) is 46.6 Å². The van der Waals surface area contributed by atoms with E-state index in [1.54, 1.807) is 7.05 Å². The molecule has 1 aromatic rings. The maximum absolute atomic E-state index is 12.4. The molecule has 1 aliphatic rings. The van der Waals surface area contributed by atoms with Crippen molar-refractivity contribution in [1.82, 2.24) is 20.9 Å². The van der Waals surface area contributed by atoms with Gasteiger partial charge in [0.15, 0.2) is 5.96 Å². The Labute approximate surface area is 204 Å². The Morgan fingerprint density at radius 1 is 1.19 bits per heavy atom. The highest BCUT2D eigenvalue weighted by atomic mass is 127. The standard InChI is InChI=1S/C23H39N5O2.HI/c1-6-18(4)27-22(29)20-9-7-8-19(14-20)15-25-23(24-5)26-16-21(17(2)3)28-10-12-30-13-11-28;/h7-9,14,17-18,21H,6,10-13,15-16H2,1-5H3,(H,27,29)(H2,24,25,26);1H. The third-order valence-electron chi connectivity index (χ3n) is 5.63. The van der Waals surface area contributed by atoms with Gasteiger partial charge in [0.1, 0.15) is 0 Å². The molecule has 176 valence electrons. The van der Waals surface area contributed by atoms with Crippen molar-refractivity contribution in [2.45, 2.75) is 52.7 Å². The minimum Gasteiger partial charge on any atom is -0.379 e. The molecule has 31 heavy (non-hydrogen) atoms. The second-order valence-electron chi connectivity index (χ2n) is 8.25. The van der Waals surface area contributed by atoms with Crippen LogP contribution in [0.5, 0.6) is 0 Å². The van der Waals surface area contributed by atoms with Crippen molar-refractivity contribution >= 4 is 35.8 Å². The van der Waals surface area contributed by atoms with Crippen molar-refractivity contribution in [1.29, 1.82) is 0 Å². The van der Waals surface area contributed by atoms with E-state index in [4.69, 9.17) is 4.74 Å². The molecule has 0 radical (unpaired) electrons. The van der Waals surface area contributed by atoms with Gasteiger partial charge in [0.05, 0.1) is 13.2 Å². The number of hydrogen-bond donors (Lipinski definition) is 3. The molecular formula is C23H40IN5O2. The molecule has 1 amide bonds. The van der Waals surface area contributed by atoms with Crippen molar-refractivity contribution in [2.75, 3.05) is 39.9 Å². The summed E-state index contributed by atoms with van der Waals surface area (Å²) in [6, 6.07) is 8.33. The molecule has 0 bridgehead atoms. The van der Waals surface area contributed by atoms with Crippen molar-refractivity contribution in [3.05, 3.63) is 35.4 Å². The summed E-state index contributed by atoms with van der Waals surface area (Å²) >= 11 is 0. The van der Waals surface area contributed by atoms with Crippen molar-refractivity contribution < 1.29 is 9.53 Å². The second-order valence-corrected chi connectivity index (χ2v) is 8.25. The largest absolute Gasteiger partial charge is 0.379 e. The topological polar surface area (TPSA) is 78.0 Å². The lowest BCUT2D eigenvalue weighted by atomic mass is 10.0. The number of carbonyl (C=O) groups excluding carboxylic acids is 1. The van der Waals surface area contributed by atoms with Crippen LogP contribution in [0.2, 0.25) is 0 Å². The van der Waals surface area contributed by atoms with Gasteiger partial charge in [-0.15, -0.1) is 24.0 Å². The molecule has 0 aromatic heterocycles. The third kappa shape index (κ3) is 9.33. The van der Waals surface area contributed by atoms with Gasteiger partial charge in [-0.3, -0.25) is 14.7 Å². The van der Waals surface area contributed by atoms with Gasteiger partial charge in [-0.25, -0.2) is 0 Å². The van der Waals surface area contributed by atoms with Crippen LogP contribution in [-0.4, -0.2) is 68.7 Å². The van der Waals surface area contributed by atoms with Crippen LogP contribution in [0.4, 0.5) is 0 Å². The number of ether oxygens (including phenoxy) is 1. The Balaban J connectivity index is 0.00000480. The van der Waals surface area contributed by atoms with Gasteiger partial charge in [0.25, 0.3) is 5.91 Å². The molecule has 1 aromatic carbocycles. The number of carbonyl (C=O) groups is 1. The quantitative estimate of drug-likeness (QED) is 0.253. The lowest BCUT2D eigenvalue weighted by Gasteiger charge is -2.37. The van der Waals surface area contributed by atoms with E-state index in [9.17, 15) is 4.79 Å². The lowest BCUT2D eigenvalue weighted by molar-refractivity contribution is 0.00752. The van der Waals surface area contributed by atoms with Crippen molar-refractivity contribution in [3.8, 4) is 0 Å². The number of benzene rings is 1. The van der Waals surface area contributed by atoms with Crippen LogP contribution in [-0.2, 0) is 11.3 Å². The van der Waals surface area contributed by atoms with E-state index in [-0.39, 0.29) is 35.9 Å². The van der Waals surface area contributed by atoms with Crippen LogP contribution in [0, 0.1) is 5.92 Å². The molecule has 8 heteroatoms. The van der Waals surface area contributed by atoms with Gasteiger partial charge in [0, 0.05) is 50.9 Å². The first-order valence-electron chi connectivity index (χ1n) is 11.1. The van der Waals surface area contributed by atoms with Gasteiger partial charge in [-0.2, -0.15) is 0 Å². The molecule has 1 heterocycles.